The van der Waals surface area contributed by atoms with Crippen molar-refractivity contribution in [3.05, 3.63) is 131 Å². The second-order valence-corrected chi connectivity index (χ2v) is 10.6. The van der Waals surface area contributed by atoms with Gasteiger partial charge in [0.2, 0.25) is 0 Å². The van der Waals surface area contributed by atoms with Crippen molar-refractivity contribution in [3.63, 3.8) is 0 Å². The summed E-state index contributed by atoms with van der Waals surface area (Å²) in [5.41, 5.74) is 6.96. The Morgan fingerprint density at radius 2 is 1.49 bits per heavy atom. The maximum Gasteiger partial charge on any atom is 0.338 e. The van der Waals surface area contributed by atoms with Gasteiger partial charge in [0.05, 0.1) is 22.5 Å². The molecule has 0 unspecified atom stereocenters. The Kier molecular flexibility index (Phi) is 7.92. The molecule has 6 heteroatoms. The number of rotatable bonds is 8. The van der Waals surface area contributed by atoms with Crippen LogP contribution in [0.3, 0.4) is 0 Å². The van der Waals surface area contributed by atoms with Gasteiger partial charge in [-0.05, 0) is 66.9 Å². The highest BCUT2D eigenvalue weighted by molar-refractivity contribution is 6.37. The van der Waals surface area contributed by atoms with E-state index in [-0.39, 0.29) is 12.5 Å². The minimum absolute atomic E-state index is 0.188. The Hall–Kier alpha value is -4.68. The maximum atomic E-state index is 13.4. The van der Waals surface area contributed by atoms with Gasteiger partial charge in [0.25, 0.3) is 5.91 Å². The first-order chi connectivity index (χ1) is 20.1. The fraction of sp³-hybridized carbons (Fsp3) is 0.200. The molecule has 1 saturated heterocycles. The molecule has 0 aliphatic carbocycles. The molecule has 4 aromatic rings. The van der Waals surface area contributed by atoms with Crippen LogP contribution < -0.4 is 10.6 Å². The summed E-state index contributed by atoms with van der Waals surface area (Å²) in [4.78, 5) is 28.7. The third-order valence-electron chi connectivity index (χ3n) is 7.60. The number of amides is 1. The first kappa shape index (κ1) is 26.5. The minimum Gasteiger partial charge on any atom is -0.457 e. The molecule has 0 saturated carbocycles. The smallest absolute Gasteiger partial charge is 0.338 e. The summed E-state index contributed by atoms with van der Waals surface area (Å²) < 4.78 is 5.50. The highest BCUT2D eigenvalue weighted by atomic mass is 16.5. The number of fused-ring (bicyclic) bond motifs is 1. The number of piperidine rings is 1. The Labute approximate surface area is 240 Å². The van der Waals surface area contributed by atoms with E-state index in [2.05, 4.69) is 39.8 Å². The molecule has 2 aliphatic heterocycles. The summed E-state index contributed by atoms with van der Waals surface area (Å²) in [6.45, 7) is 3.46. The number of likely N-dealkylation sites (tertiary alicyclic amines) is 1. The average Bonchev–Trinajstić information content (AvgIpc) is 3.35. The van der Waals surface area contributed by atoms with Crippen molar-refractivity contribution in [2.45, 2.75) is 32.4 Å². The molecule has 2 N–H and O–H groups in total. The monoisotopic (exact) mass is 543 g/mol. The average molecular weight is 544 g/mol. The molecule has 1 amide bonds. The maximum absolute atomic E-state index is 13.4. The Morgan fingerprint density at radius 1 is 0.780 bits per heavy atom. The van der Waals surface area contributed by atoms with Gasteiger partial charge in [-0.15, -0.1) is 0 Å². The lowest BCUT2D eigenvalue weighted by Gasteiger charge is -2.26. The highest BCUT2D eigenvalue weighted by Gasteiger charge is 2.29. The number of nitrogens with one attached hydrogen (secondary N) is 2. The third kappa shape index (κ3) is 6.23. The Balaban J connectivity index is 1.26. The minimum atomic E-state index is -0.436. The molecule has 2 aliphatic rings. The van der Waals surface area contributed by atoms with E-state index in [0.29, 0.717) is 22.5 Å². The van der Waals surface area contributed by atoms with Crippen LogP contribution in [0.25, 0.3) is 11.3 Å². The largest absolute Gasteiger partial charge is 0.457 e. The zero-order chi connectivity index (χ0) is 28.0. The number of nitrogens with zero attached hydrogens (tertiary/aromatic N) is 1. The molecule has 1 fully saturated rings. The molecule has 6 rings (SSSR count). The van der Waals surface area contributed by atoms with Crippen LogP contribution in [0.2, 0.25) is 0 Å². The van der Waals surface area contributed by atoms with Crippen molar-refractivity contribution in [2.24, 2.45) is 0 Å². The van der Waals surface area contributed by atoms with Gasteiger partial charge in [-0.3, -0.25) is 9.69 Å². The van der Waals surface area contributed by atoms with Crippen LogP contribution >= 0.6 is 0 Å². The van der Waals surface area contributed by atoms with Gasteiger partial charge < -0.3 is 15.4 Å². The van der Waals surface area contributed by atoms with E-state index < -0.39 is 5.97 Å². The number of carbonyl (C=O) groups excluding carboxylic acids is 2. The number of esters is 1. The molecule has 0 atom stereocenters. The topological polar surface area (TPSA) is 70.7 Å². The third-order valence-corrected chi connectivity index (χ3v) is 7.60. The van der Waals surface area contributed by atoms with Crippen LogP contribution in [0.4, 0.5) is 11.4 Å². The number of ether oxygens (including phenoxy) is 1. The lowest BCUT2D eigenvalue weighted by Crippen LogP contribution is -2.29. The van der Waals surface area contributed by atoms with E-state index in [1.807, 2.05) is 66.7 Å². The van der Waals surface area contributed by atoms with E-state index in [9.17, 15) is 9.59 Å². The van der Waals surface area contributed by atoms with E-state index in [1.165, 1.54) is 24.8 Å². The normalized spacial score (nSPS) is 16.0. The fourth-order valence-electron chi connectivity index (χ4n) is 5.45. The van der Waals surface area contributed by atoms with Crippen LogP contribution in [-0.2, 0) is 22.7 Å². The number of carbonyl (C=O) groups is 2. The van der Waals surface area contributed by atoms with Crippen molar-refractivity contribution < 1.29 is 14.3 Å². The van der Waals surface area contributed by atoms with Gasteiger partial charge in [-0.2, -0.15) is 0 Å². The van der Waals surface area contributed by atoms with Gasteiger partial charge in [0.15, 0.2) is 0 Å². The van der Waals surface area contributed by atoms with E-state index in [4.69, 9.17) is 4.74 Å². The predicted molar refractivity (Wildman–Crippen MR) is 163 cm³/mol. The molecule has 6 nitrogen and oxygen atoms in total. The van der Waals surface area contributed by atoms with Gasteiger partial charge in [-0.25, -0.2) is 4.79 Å². The van der Waals surface area contributed by atoms with Crippen LogP contribution in [0.15, 0.2) is 103 Å². The predicted octanol–water partition coefficient (Wildman–Crippen LogP) is 6.96. The number of anilines is 2. The Morgan fingerprint density at radius 3 is 2.22 bits per heavy atom. The molecule has 0 bridgehead atoms. The SMILES string of the molecule is O=C1Nc2cc(C(=O)OCc3ccccc3)ccc2/C1=C(/Nc1ccc(CN2CCCCC2)cc1)c1ccccc1. The van der Waals surface area contributed by atoms with Gasteiger partial charge in [0.1, 0.15) is 6.61 Å². The summed E-state index contributed by atoms with van der Waals surface area (Å²) in [6, 6.07) is 33.1. The van der Waals surface area contributed by atoms with E-state index >= 15 is 0 Å². The van der Waals surface area contributed by atoms with Crippen LogP contribution in [0, 0.1) is 0 Å². The molecular weight excluding hydrogens is 510 g/mol. The molecule has 4 aromatic carbocycles. The van der Waals surface area contributed by atoms with E-state index in [0.717, 1.165) is 42.0 Å². The molecule has 41 heavy (non-hydrogen) atoms. The van der Waals surface area contributed by atoms with Gasteiger partial charge in [-0.1, -0.05) is 85.3 Å². The lowest BCUT2D eigenvalue weighted by atomic mass is 9.99. The first-order valence-electron chi connectivity index (χ1n) is 14.2. The molecule has 0 radical (unpaired) electrons. The van der Waals surface area contributed by atoms with Crippen molar-refractivity contribution >= 4 is 34.5 Å². The van der Waals surface area contributed by atoms with Crippen LogP contribution in [0.1, 0.15) is 51.9 Å². The molecule has 206 valence electrons. The second-order valence-electron chi connectivity index (χ2n) is 10.6. The van der Waals surface area contributed by atoms with Crippen molar-refractivity contribution in [2.75, 3.05) is 23.7 Å². The van der Waals surface area contributed by atoms with Crippen LogP contribution in [-0.4, -0.2) is 29.9 Å². The summed E-state index contributed by atoms with van der Waals surface area (Å²) in [6.07, 6.45) is 3.87. The second kappa shape index (κ2) is 12.2. The van der Waals surface area contributed by atoms with E-state index in [1.54, 1.807) is 12.1 Å². The van der Waals surface area contributed by atoms with Crippen molar-refractivity contribution in [1.29, 1.82) is 0 Å². The summed E-state index contributed by atoms with van der Waals surface area (Å²) in [5, 5.41) is 6.49. The molecular formula is C35H33N3O3. The van der Waals surface area contributed by atoms with Crippen molar-refractivity contribution in [3.8, 4) is 0 Å². The summed E-state index contributed by atoms with van der Waals surface area (Å²) in [7, 11) is 0. The summed E-state index contributed by atoms with van der Waals surface area (Å²) in [5.74, 6) is -0.655. The molecule has 0 spiro atoms. The van der Waals surface area contributed by atoms with Crippen molar-refractivity contribution in [1.82, 2.24) is 4.90 Å². The highest BCUT2D eigenvalue weighted by Crippen LogP contribution is 2.38. The van der Waals surface area contributed by atoms with Gasteiger partial charge in [0, 0.05) is 17.8 Å². The van der Waals surface area contributed by atoms with Crippen LogP contribution in [0.5, 0.6) is 0 Å². The fourth-order valence-corrected chi connectivity index (χ4v) is 5.45. The summed E-state index contributed by atoms with van der Waals surface area (Å²) >= 11 is 0. The number of hydrogen-bond donors (Lipinski definition) is 2. The standard InChI is InChI=1S/C35H33N3O3/c39-34-32(30-19-16-28(22-31(30)37-34)35(40)41-24-26-10-4-1-5-11-26)33(27-12-6-2-7-13-27)36-29-17-14-25(15-18-29)23-38-20-8-3-9-21-38/h1-2,4-7,10-19,22,36H,3,8-9,20-21,23-24H2,(H,37,39)/b33-32-. The lowest BCUT2D eigenvalue weighted by molar-refractivity contribution is -0.110. The molecule has 2 heterocycles. The molecule has 0 aromatic heterocycles. The zero-order valence-corrected chi connectivity index (χ0v) is 22.9. The first-order valence-corrected chi connectivity index (χ1v) is 14.2. The number of hydrogen-bond acceptors (Lipinski definition) is 5. The quantitative estimate of drug-likeness (QED) is 0.186. The zero-order valence-electron chi connectivity index (χ0n) is 22.9. The van der Waals surface area contributed by atoms with Gasteiger partial charge >= 0.3 is 5.97 Å². The Bertz CT molecular complexity index is 1560. The number of benzene rings is 4.